The van der Waals surface area contributed by atoms with Gasteiger partial charge in [0.1, 0.15) is 12.2 Å². The number of morpholine rings is 1. The molecule has 2 saturated heterocycles. The van der Waals surface area contributed by atoms with Crippen molar-refractivity contribution < 1.29 is 9.53 Å². The van der Waals surface area contributed by atoms with Crippen LogP contribution in [0.4, 0.5) is 4.79 Å². The molecule has 2 amide bonds. The summed E-state index contributed by atoms with van der Waals surface area (Å²) in [6.45, 7) is 7.79. The van der Waals surface area contributed by atoms with Gasteiger partial charge in [-0.05, 0) is 19.8 Å². The fourth-order valence-corrected chi connectivity index (χ4v) is 3.53. The van der Waals surface area contributed by atoms with Crippen LogP contribution >= 0.6 is 0 Å². The van der Waals surface area contributed by atoms with Gasteiger partial charge in [0.05, 0.1) is 13.2 Å². The Hall–Kier alpha value is -1.67. The van der Waals surface area contributed by atoms with Crippen molar-refractivity contribution in [2.45, 2.75) is 31.7 Å². The molecule has 1 aromatic heterocycles. The molecule has 1 aromatic rings. The van der Waals surface area contributed by atoms with Crippen LogP contribution in [0.2, 0.25) is 0 Å². The zero-order valence-corrected chi connectivity index (χ0v) is 14.6. The molecule has 2 aliphatic heterocycles. The van der Waals surface area contributed by atoms with E-state index >= 15 is 0 Å². The van der Waals surface area contributed by atoms with Gasteiger partial charge in [0.25, 0.3) is 0 Å². The molecule has 134 valence electrons. The number of nitrogens with one attached hydrogen (secondary N) is 1. The summed E-state index contributed by atoms with van der Waals surface area (Å²) < 4.78 is 7.33. The van der Waals surface area contributed by atoms with Gasteiger partial charge >= 0.3 is 6.03 Å². The third-order valence-corrected chi connectivity index (χ3v) is 5.04. The molecule has 24 heavy (non-hydrogen) atoms. The molecule has 8 heteroatoms. The van der Waals surface area contributed by atoms with Crippen LogP contribution in [0.1, 0.15) is 31.5 Å². The predicted molar refractivity (Wildman–Crippen MR) is 89.8 cm³/mol. The highest BCUT2D eigenvalue weighted by Gasteiger charge is 2.27. The molecule has 0 aromatic carbocycles. The minimum absolute atomic E-state index is 0.0296. The quantitative estimate of drug-likeness (QED) is 0.863. The molecule has 2 atom stereocenters. The Morgan fingerprint density at radius 1 is 1.42 bits per heavy atom. The SMILES string of the molecule is C[C@@H](CNC(=O)N1CCC[C@H](c2nncn2C)C1)N1CCOCC1. The molecular weight excluding hydrogens is 308 g/mol. The number of piperidine rings is 1. The zero-order valence-electron chi connectivity index (χ0n) is 14.6. The average molecular weight is 336 g/mol. The van der Waals surface area contributed by atoms with Crippen LogP contribution in [0.25, 0.3) is 0 Å². The van der Waals surface area contributed by atoms with Gasteiger partial charge in [-0.3, -0.25) is 4.90 Å². The Kier molecular flexibility index (Phi) is 5.68. The number of amides is 2. The number of carbonyl (C=O) groups excluding carboxylic acids is 1. The highest BCUT2D eigenvalue weighted by Crippen LogP contribution is 2.24. The van der Waals surface area contributed by atoms with E-state index in [1.54, 1.807) is 6.33 Å². The van der Waals surface area contributed by atoms with E-state index in [4.69, 9.17) is 4.74 Å². The first-order valence-electron chi connectivity index (χ1n) is 8.83. The number of ether oxygens (including phenoxy) is 1. The van der Waals surface area contributed by atoms with Crippen molar-refractivity contribution in [2.75, 3.05) is 45.9 Å². The first-order valence-corrected chi connectivity index (χ1v) is 8.83. The molecule has 0 unspecified atom stereocenters. The van der Waals surface area contributed by atoms with Gasteiger partial charge in [-0.2, -0.15) is 0 Å². The maximum Gasteiger partial charge on any atom is 0.317 e. The largest absolute Gasteiger partial charge is 0.379 e. The first kappa shape index (κ1) is 17.2. The van der Waals surface area contributed by atoms with Crippen LogP contribution in [0.3, 0.4) is 0 Å². The van der Waals surface area contributed by atoms with Crippen LogP contribution < -0.4 is 5.32 Å². The van der Waals surface area contributed by atoms with Crippen LogP contribution in [-0.2, 0) is 11.8 Å². The van der Waals surface area contributed by atoms with E-state index in [0.29, 0.717) is 19.1 Å². The summed E-state index contributed by atoms with van der Waals surface area (Å²) in [6.07, 6.45) is 3.78. The molecule has 0 bridgehead atoms. The second-order valence-corrected chi connectivity index (χ2v) is 6.77. The van der Waals surface area contributed by atoms with Crippen molar-refractivity contribution in [1.82, 2.24) is 29.9 Å². The Balaban J connectivity index is 1.48. The molecule has 8 nitrogen and oxygen atoms in total. The van der Waals surface area contributed by atoms with Gasteiger partial charge in [0.15, 0.2) is 0 Å². The summed E-state index contributed by atoms with van der Waals surface area (Å²) in [5.41, 5.74) is 0. The number of urea groups is 1. The highest BCUT2D eigenvalue weighted by atomic mass is 16.5. The number of aromatic nitrogens is 3. The van der Waals surface area contributed by atoms with Crippen molar-refractivity contribution >= 4 is 6.03 Å². The average Bonchev–Trinajstić information content (AvgIpc) is 3.06. The molecule has 0 saturated carbocycles. The maximum absolute atomic E-state index is 12.5. The van der Waals surface area contributed by atoms with Gasteiger partial charge < -0.3 is 19.5 Å². The van der Waals surface area contributed by atoms with Gasteiger partial charge in [-0.1, -0.05) is 0 Å². The lowest BCUT2D eigenvalue weighted by atomic mass is 9.97. The maximum atomic E-state index is 12.5. The van der Waals surface area contributed by atoms with E-state index in [9.17, 15) is 4.79 Å². The second-order valence-electron chi connectivity index (χ2n) is 6.77. The fraction of sp³-hybridized carbons (Fsp3) is 0.812. The summed E-state index contributed by atoms with van der Waals surface area (Å²) in [7, 11) is 1.96. The predicted octanol–water partition coefficient (Wildman–Crippen LogP) is 0.425. The summed E-state index contributed by atoms with van der Waals surface area (Å²) in [5, 5.41) is 11.3. The number of aryl methyl sites for hydroxylation is 1. The third-order valence-electron chi connectivity index (χ3n) is 5.04. The Labute approximate surface area is 143 Å². The number of hydrogen-bond acceptors (Lipinski definition) is 5. The topological polar surface area (TPSA) is 75.5 Å². The van der Waals surface area contributed by atoms with Crippen molar-refractivity contribution in [3.05, 3.63) is 12.2 Å². The Bertz CT molecular complexity index is 542. The van der Waals surface area contributed by atoms with Gasteiger partial charge in [-0.25, -0.2) is 4.79 Å². The van der Waals surface area contributed by atoms with Crippen LogP contribution in [0.15, 0.2) is 6.33 Å². The van der Waals surface area contributed by atoms with Crippen molar-refractivity contribution in [2.24, 2.45) is 7.05 Å². The molecule has 2 aliphatic rings. The van der Waals surface area contributed by atoms with Gasteiger partial charge in [0.2, 0.25) is 0 Å². The molecule has 3 heterocycles. The van der Waals surface area contributed by atoms with E-state index in [1.807, 2.05) is 16.5 Å². The molecule has 2 fully saturated rings. The van der Waals surface area contributed by atoms with E-state index in [0.717, 1.165) is 51.5 Å². The third kappa shape index (κ3) is 4.05. The number of hydrogen-bond donors (Lipinski definition) is 1. The lowest BCUT2D eigenvalue weighted by Gasteiger charge is -2.34. The van der Waals surface area contributed by atoms with E-state index in [1.165, 1.54) is 0 Å². The van der Waals surface area contributed by atoms with Crippen LogP contribution in [-0.4, -0.2) is 82.6 Å². The second kappa shape index (κ2) is 7.94. The van der Waals surface area contributed by atoms with E-state index in [2.05, 4.69) is 27.3 Å². The number of carbonyl (C=O) groups is 1. The molecule has 3 rings (SSSR count). The summed E-state index contributed by atoms with van der Waals surface area (Å²) in [4.78, 5) is 16.8. The van der Waals surface area contributed by atoms with Crippen LogP contribution in [0, 0.1) is 0 Å². The minimum Gasteiger partial charge on any atom is -0.379 e. The Morgan fingerprint density at radius 3 is 2.92 bits per heavy atom. The highest BCUT2D eigenvalue weighted by molar-refractivity contribution is 5.74. The summed E-state index contributed by atoms with van der Waals surface area (Å²) in [5.74, 6) is 1.24. The van der Waals surface area contributed by atoms with Crippen molar-refractivity contribution in [3.63, 3.8) is 0 Å². The van der Waals surface area contributed by atoms with Crippen LogP contribution in [0.5, 0.6) is 0 Å². The molecule has 0 aliphatic carbocycles. The number of likely N-dealkylation sites (tertiary alicyclic amines) is 1. The van der Waals surface area contributed by atoms with E-state index in [-0.39, 0.29) is 11.9 Å². The normalized spacial score (nSPS) is 23.9. The lowest BCUT2D eigenvalue weighted by molar-refractivity contribution is 0.0206. The summed E-state index contributed by atoms with van der Waals surface area (Å²) >= 11 is 0. The zero-order chi connectivity index (χ0) is 16.9. The summed E-state index contributed by atoms with van der Waals surface area (Å²) in [6, 6.07) is 0.360. The first-order chi connectivity index (χ1) is 11.6. The fourth-order valence-electron chi connectivity index (χ4n) is 3.53. The number of nitrogens with zero attached hydrogens (tertiary/aromatic N) is 5. The Morgan fingerprint density at radius 2 is 2.21 bits per heavy atom. The molecular formula is C16H28N6O2. The van der Waals surface area contributed by atoms with Crippen molar-refractivity contribution in [1.29, 1.82) is 0 Å². The lowest BCUT2D eigenvalue weighted by Crippen LogP contribution is -2.51. The minimum atomic E-state index is 0.0296. The van der Waals surface area contributed by atoms with E-state index < -0.39 is 0 Å². The molecule has 1 N–H and O–H groups in total. The monoisotopic (exact) mass is 336 g/mol. The molecule has 0 radical (unpaired) electrons. The molecule has 0 spiro atoms. The van der Waals surface area contributed by atoms with Crippen molar-refractivity contribution in [3.8, 4) is 0 Å². The standard InChI is InChI=1S/C16H28N6O2/c1-13(21-6-8-24-9-7-21)10-17-16(23)22-5-3-4-14(11-22)15-19-18-12-20(15)2/h12-14H,3-11H2,1-2H3,(H,17,23)/t13-,14-/m0/s1. The number of rotatable bonds is 4. The van der Waals surface area contributed by atoms with Gasteiger partial charge in [-0.15, -0.1) is 10.2 Å². The smallest absolute Gasteiger partial charge is 0.317 e. The van der Waals surface area contributed by atoms with Gasteiger partial charge in [0, 0.05) is 51.7 Å².